The number of ketones is 1. The summed E-state index contributed by atoms with van der Waals surface area (Å²) in [6.07, 6.45) is 1.08. The Morgan fingerprint density at radius 3 is 2.19 bits per heavy atom. The Morgan fingerprint density at radius 2 is 1.59 bits per heavy atom. The molecule has 5 heteroatoms. The molecule has 0 unspecified atom stereocenters. The van der Waals surface area contributed by atoms with E-state index in [0.717, 1.165) is 12.0 Å². The van der Waals surface area contributed by atoms with Gasteiger partial charge in [-0.2, -0.15) is 4.80 Å². The fraction of sp³-hybridized carbons (Fsp3) is 0.364. The van der Waals surface area contributed by atoms with Crippen LogP contribution in [0.1, 0.15) is 67.4 Å². The van der Waals surface area contributed by atoms with E-state index in [1.54, 1.807) is 0 Å². The lowest BCUT2D eigenvalue weighted by molar-refractivity contribution is 0.0961. The van der Waals surface area contributed by atoms with Crippen molar-refractivity contribution >= 4 is 5.78 Å². The number of hydrogen-bond acceptors (Lipinski definition) is 4. The molecule has 5 nitrogen and oxygen atoms in total. The first-order chi connectivity index (χ1) is 13.0. The van der Waals surface area contributed by atoms with E-state index in [9.17, 15) is 4.79 Å². The van der Waals surface area contributed by atoms with Gasteiger partial charge in [0, 0.05) is 11.1 Å². The van der Waals surface area contributed by atoms with Crippen LogP contribution in [0.25, 0.3) is 11.4 Å². The van der Waals surface area contributed by atoms with Gasteiger partial charge in [-0.3, -0.25) is 4.79 Å². The topological polar surface area (TPSA) is 60.7 Å². The molecule has 0 aliphatic heterocycles. The van der Waals surface area contributed by atoms with Crippen molar-refractivity contribution in [2.24, 2.45) is 0 Å². The Hall–Kier alpha value is -2.82. The van der Waals surface area contributed by atoms with Crippen molar-refractivity contribution in [1.29, 1.82) is 0 Å². The number of aromatic nitrogens is 4. The molecule has 0 amide bonds. The van der Waals surface area contributed by atoms with Gasteiger partial charge >= 0.3 is 0 Å². The molecule has 140 valence electrons. The number of nitrogens with zero attached hydrogens (tertiary/aromatic N) is 4. The Balaban J connectivity index is 1.69. The van der Waals surface area contributed by atoms with Gasteiger partial charge < -0.3 is 0 Å². The monoisotopic (exact) mass is 362 g/mol. The largest absolute Gasteiger partial charge is 0.292 e. The second-order valence-electron chi connectivity index (χ2n) is 7.27. The molecule has 0 spiro atoms. The molecule has 1 heterocycles. The van der Waals surface area contributed by atoms with Crippen molar-refractivity contribution in [3.05, 3.63) is 65.2 Å². The van der Waals surface area contributed by atoms with E-state index in [1.807, 2.05) is 36.4 Å². The molecule has 0 N–H and O–H groups in total. The van der Waals surface area contributed by atoms with Crippen LogP contribution in [0.2, 0.25) is 0 Å². The van der Waals surface area contributed by atoms with Gasteiger partial charge in [0.1, 0.15) is 6.54 Å². The summed E-state index contributed by atoms with van der Waals surface area (Å²) in [7, 11) is 0. The van der Waals surface area contributed by atoms with Crippen LogP contribution in [0.15, 0.2) is 48.5 Å². The molecule has 0 radical (unpaired) electrons. The third kappa shape index (κ3) is 4.48. The van der Waals surface area contributed by atoms with Gasteiger partial charge in [-0.1, -0.05) is 76.2 Å². The first-order valence-corrected chi connectivity index (χ1v) is 9.49. The van der Waals surface area contributed by atoms with E-state index < -0.39 is 0 Å². The summed E-state index contributed by atoms with van der Waals surface area (Å²) in [4.78, 5) is 13.9. The Bertz CT molecular complexity index is 895. The summed E-state index contributed by atoms with van der Waals surface area (Å²) in [5.74, 6) is 1.48. The molecule has 1 atom stereocenters. The number of rotatable bonds is 7. The summed E-state index contributed by atoms with van der Waals surface area (Å²) in [6.45, 7) is 8.74. The standard InChI is InChI=1S/C22H26N4O/c1-5-16(4)18-8-10-19(11-9-18)21(27)14-26-24-22(23-25-26)20-12-6-17(7-13-20)15(2)3/h6-13,15-16H,5,14H2,1-4H3/t16-/m1/s1. The summed E-state index contributed by atoms with van der Waals surface area (Å²) < 4.78 is 0. The zero-order chi connectivity index (χ0) is 19.4. The molecule has 0 bridgehead atoms. The fourth-order valence-corrected chi connectivity index (χ4v) is 2.90. The highest BCUT2D eigenvalue weighted by atomic mass is 16.1. The van der Waals surface area contributed by atoms with Gasteiger partial charge in [-0.05, 0) is 34.6 Å². The van der Waals surface area contributed by atoms with Gasteiger partial charge in [0.15, 0.2) is 5.78 Å². The van der Waals surface area contributed by atoms with E-state index in [1.165, 1.54) is 15.9 Å². The van der Waals surface area contributed by atoms with Crippen LogP contribution in [-0.4, -0.2) is 26.0 Å². The summed E-state index contributed by atoms with van der Waals surface area (Å²) >= 11 is 0. The highest BCUT2D eigenvalue weighted by molar-refractivity contribution is 5.95. The van der Waals surface area contributed by atoms with Crippen LogP contribution in [0.5, 0.6) is 0 Å². The minimum Gasteiger partial charge on any atom is -0.292 e. The predicted molar refractivity (Wildman–Crippen MR) is 107 cm³/mol. The van der Waals surface area contributed by atoms with Crippen LogP contribution >= 0.6 is 0 Å². The normalized spacial score (nSPS) is 12.3. The van der Waals surface area contributed by atoms with E-state index in [-0.39, 0.29) is 12.3 Å². The van der Waals surface area contributed by atoms with Crippen LogP contribution in [0.3, 0.4) is 0 Å². The molecule has 3 aromatic rings. The van der Waals surface area contributed by atoms with Gasteiger partial charge in [0.05, 0.1) is 0 Å². The van der Waals surface area contributed by atoms with E-state index in [2.05, 4.69) is 55.2 Å². The number of benzene rings is 2. The average molecular weight is 362 g/mol. The van der Waals surface area contributed by atoms with Gasteiger partial charge in [0.2, 0.25) is 5.82 Å². The smallest absolute Gasteiger partial charge is 0.204 e. The van der Waals surface area contributed by atoms with Crippen molar-refractivity contribution < 1.29 is 4.79 Å². The number of Topliss-reactive ketones (excluding diaryl/α,β-unsaturated/α-hetero) is 1. The lowest BCUT2D eigenvalue weighted by Gasteiger charge is -2.09. The van der Waals surface area contributed by atoms with Gasteiger partial charge in [-0.25, -0.2) is 0 Å². The second-order valence-corrected chi connectivity index (χ2v) is 7.27. The molecule has 0 saturated carbocycles. The van der Waals surface area contributed by atoms with E-state index >= 15 is 0 Å². The van der Waals surface area contributed by atoms with Crippen LogP contribution < -0.4 is 0 Å². The predicted octanol–water partition coefficient (Wildman–Crippen LogP) is 4.86. The lowest BCUT2D eigenvalue weighted by atomic mass is 9.97. The molecule has 0 aliphatic rings. The van der Waals surface area contributed by atoms with Crippen molar-refractivity contribution in [2.75, 3.05) is 0 Å². The molecule has 0 aliphatic carbocycles. The summed E-state index contributed by atoms with van der Waals surface area (Å²) in [5, 5.41) is 12.5. The molecule has 3 rings (SSSR count). The van der Waals surface area contributed by atoms with Crippen molar-refractivity contribution in [1.82, 2.24) is 20.2 Å². The second kappa shape index (κ2) is 8.25. The van der Waals surface area contributed by atoms with E-state index in [4.69, 9.17) is 0 Å². The number of tetrazole rings is 1. The Morgan fingerprint density at radius 1 is 0.963 bits per heavy atom. The lowest BCUT2D eigenvalue weighted by Crippen LogP contribution is -2.13. The first kappa shape index (κ1) is 19.0. The Kier molecular flexibility index (Phi) is 5.79. The first-order valence-electron chi connectivity index (χ1n) is 9.49. The molecule has 1 aromatic heterocycles. The SMILES string of the molecule is CC[C@@H](C)c1ccc(C(=O)Cn2nnc(-c3ccc(C(C)C)cc3)n2)cc1. The summed E-state index contributed by atoms with van der Waals surface area (Å²) in [6, 6.07) is 15.9. The maximum Gasteiger partial charge on any atom is 0.204 e. The molecule has 27 heavy (non-hydrogen) atoms. The zero-order valence-corrected chi connectivity index (χ0v) is 16.4. The number of hydrogen-bond donors (Lipinski definition) is 0. The minimum absolute atomic E-state index is 0.0233. The maximum absolute atomic E-state index is 12.5. The average Bonchev–Trinajstić information content (AvgIpc) is 3.16. The molecule has 0 saturated heterocycles. The minimum atomic E-state index is -0.0233. The zero-order valence-electron chi connectivity index (χ0n) is 16.4. The van der Waals surface area contributed by atoms with Crippen LogP contribution in [-0.2, 0) is 6.54 Å². The molecule has 2 aromatic carbocycles. The fourth-order valence-electron chi connectivity index (χ4n) is 2.90. The van der Waals surface area contributed by atoms with Gasteiger partial charge in [0.25, 0.3) is 0 Å². The molecular formula is C22H26N4O. The quantitative estimate of drug-likeness (QED) is 0.563. The van der Waals surface area contributed by atoms with Crippen molar-refractivity contribution in [2.45, 2.75) is 52.5 Å². The van der Waals surface area contributed by atoms with Crippen LogP contribution in [0, 0.1) is 0 Å². The molecular weight excluding hydrogens is 336 g/mol. The number of carbonyl (C=O) groups excluding carboxylic acids is 1. The van der Waals surface area contributed by atoms with Crippen molar-refractivity contribution in [3.63, 3.8) is 0 Å². The highest BCUT2D eigenvalue weighted by Crippen LogP contribution is 2.20. The third-order valence-electron chi connectivity index (χ3n) is 4.99. The Labute approximate surface area is 160 Å². The molecule has 0 fully saturated rings. The third-order valence-corrected chi connectivity index (χ3v) is 4.99. The van der Waals surface area contributed by atoms with E-state index in [0.29, 0.717) is 23.2 Å². The summed E-state index contributed by atoms with van der Waals surface area (Å²) in [5.41, 5.74) is 4.08. The van der Waals surface area contributed by atoms with Crippen molar-refractivity contribution in [3.8, 4) is 11.4 Å². The maximum atomic E-state index is 12.5. The highest BCUT2D eigenvalue weighted by Gasteiger charge is 2.12. The van der Waals surface area contributed by atoms with Gasteiger partial charge in [-0.15, -0.1) is 10.2 Å². The van der Waals surface area contributed by atoms with Crippen LogP contribution in [0.4, 0.5) is 0 Å². The number of carbonyl (C=O) groups is 1.